The Labute approximate surface area is 164 Å². The van der Waals surface area contributed by atoms with E-state index in [0.29, 0.717) is 28.8 Å². The normalized spacial score (nSPS) is 11.2. The van der Waals surface area contributed by atoms with E-state index in [1.807, 2.05) is 6.92 Å². The number of aromatic nitrogens is 2. The average molecular weight is 409 g/mol. The van der Waals surface area contributed by atoms with Gasteiger partial charge in [0, 0.05) is 22.6 Å². The molecule has 0 amide bonds. The molecule has 0 atom stereocenters. The van der Waals surface area contributed by atoms with E-state index >= 15 is 0 Å². The first kappa shape index (κ1) is 19.8. The maximum absolute atomic E-state index is 13.3. The third-order valence-corrected chi connectivity index (χ3v) is 3.87. The molecule has 2 N–H and O–H groups in total. The Kier molecular flexibility index (Phi) is 5.89. The molecule has 0 spiro atoms. The summed E-state index contributed by atoms with van der Waals surface area (Å²) in [6, 6.07) is 13.2. The summed E-state index contributed by atoms with van der Waals surface area (Å²) in [6.07, 6.45) is -3.87. The Morgan fingerprint density at radius 1 is 0.964 bits per heavy atom. The number of nitrogens with one attached hydrogen (secondary N) is 2. The van der Waals surface area contributed by atoms with Crippen LogP contribution in [0.4, 0.5) is 36.3 Å². The molecule has 0 unspecified atom stereocenters. The highest BCUT2D eigenvalue weighted by Gasteiger charge is 2.35. The lowest BCUT2D eigenvalue weighted by molar-refractivity contribution is -0.137. The van der Waals surface area contributed by atoms with Gasteiger partial charge in [-0.2, -0.15) is 18.2 Å². The van der Waals surface area contributed by atoms with Gasteiger partial charge in [-0.25, -0.2) is 4.98 Å². The highest BCUT2D eigenvalue weighted by Crippen LogP contribution is 2.35. The zero-order chi connectivity index (χ0) is 20.1. The van der Waals surface area contributed by atoms with Gasteiger partial charge in [0.2, 0.25) is 5.95 Å². The minimum absolute atomic E-state index is 0.0174. The zero-order valence-electron chi connectivity index (χ0n) is 14.7. The second kappa shape index (κ2) is 8.35. The van der Waals surface area contributed by atoms with Gasteiger partial charge in [0.1, 0.15) is 17.1 Å². The lowest BCUT2D eigenvalue weighted by atomic mass is 10.2. The van der Waals surface area contributed by atoms with Crippen LogP contribution in [0.15, 0.2) is 54.7 Å². The maximum Gasteiger partial charge on any atom is 0.421 e. The predicted molar refractivity (Wildman–Crippen MR) is 103 cm³/mol. The molecule has 0 saturated heterocycles. The number of rotatable bonds is 6. The Bertz CT molecular complexity index is 931. The fourth-order valence-electron chi connectivity index (χ4n) is 2.34. The van der Waals surface area contributed by atoms with Gasteiger partial charge in [0.05, 0.1) is 6.61 Å². The van der Waals surface area contributed by atoms with E-state index in [0.717, 1.165) is 6.20 Å². The molecule has 0 fully saturated rings. The summed E-state index contributed by atoms with van der Waals surface area (Å²) in [4.78, 5) is 7.76. The summed E-state index contributed by atoms with van der Waals surface area (Å²) in [5.41, 5.74) is 0.0595. The fraction of sp³-hybridized carbons (Fsp3) is 0.158. The summed E-state index contributed by atoms with van der Waals surface area (Å²) < 4.78 is 45.4. The Hall–Kier alpha value is -3.00. The average Bonchev–Trinajstić information content (AvgIpc) is 2.65. The zero-order valence-corrected chi connectivity index (χ0v) is 15.5. The lowest BCUT2D eigenvalue weighted by Crippen LogP contribution is -2.12. The Morgan fingerprint density at radius 2 is 1.57 bits per heavy atom. The maximum atomic E-state index is 13.3. The van der Waals surface area contributed by atoms with Crippen LogP contribution in [-0.2, 0) is 6.18 Å². The van der Waals surface area contributed by atoms with Gasteiger partial charge in [-0.15, -0.1) is 0 Å². The van der Waals surface area contributed by atoms with Gasteiger partial charge in [-0.3, -0.25) is 0 Å². The van der Waals surface area contributed by atoms with Crippen molar-refractivity contribution in [2.45, 2.75) is 13.1 Å². The standard InChI is InChI=1S/C19H16ClF3N4O/c1-2-28-15-9-7-13(8-10-15)25-17-16(19(21,22)23)11-24-18(27-17)26-14-5-3-12(20)4-6-14/h3-11H,2H2,1H3,(H2,24,25,26,27). The highest BCUT2D eigenvalue weighted by molar-refractivity contribution is 6.30. The summed E-state index contributed by atoms with van der Waals surface area (Å²) in [7, 11) is 0. The molecule has 0 bridgehead atoms. The first-order valence-electron chi connectivity index (χ1n) is 8.32. The molecule has 1 heterocycles. The first-order valence-corrected chi connectivity index (χ1v) is 8.69. The molecule has 146 valence electrons. The van der Waals surface area contributed by atoms with Gasteiger partial charge in [0.15, 0.2) is 0 Å². The van der Waals surface area contributed by atoms with Gasteiger partial charge in [0.25, 0.3) is 0 Å². The number of anilines is 4. The molecule has 5 nitrogen and oxygen atoms in total. The number of hydrogen-bond acceptors (Lipinski definition) is 5. The molecule has 28 heavy (non-hydrogen) atoms. The summed E-state index contributed by atoms with van der Waals surface area (Å²) in [5.74, 6) is 0.281. The topological polar surface area (TPSA) is 59.1 Å². The van der Waals surface area contributed by atoms with Crippen LogP contribution in [0, 0.1) is 0 Å². The van der Waals surface area contributed by atoms with Crippen LogP contribution in [0.25, 0.3) is 0 Å². The van der Waals surface area contributed by atoms with Crippen LogP contribution in [-0.4, -0.2) is 16.6 Å². The van der Waals surface area contributed by atoms with Crippen LogP contribution in [0.3, 0.4) is 0 Å². The van der Waals surface area contributed by atoms with Crippen LogP contribution >= 0.6 is 11.6 Å². The molecule has 0 aliphatic heterocycles. The molecule has 0 aliphatic carbocycles. The Balaban J connectivity index is 1.88. The van der Waals surface area contributed by atoms with Crippen LogP contribution in [0.2, 0.25) is 5.02 Å². The number of halogens is 4. The van der Waals surface area contributed by atoms with Crippen molar-refractivity contribution in [3.05, 3.63) is 65.3 Å². The SMILES string of the molecule is CCOc1ccc(Nc2nc(Nc3ccc(Cl)cc3)ncc2C(F)(F)F)cc1. The number of ether oxygens (including phenoxy) is 1. The third kappa shape index (κ3) is 5.04. The first-order chi connectivity index (χ1) is 13.3. The van der Waals surface area contributed by atoms with Gasteiger partial charge in [-0.1, -0.05) is 11.6 Å². The van der Waals surface area contributed by atoms with Crippen molar-refractivity contribution in [1.82, 2.24) is 9.97 Å². The van der Waals surface area contributed by atoms with E-state index in [-0.39, 0.29) is 11.8 Å². The lowest BCUT2D eigenvalue weighted by Gasteiger charge is -2.15. The fourth-order valence-corrected chi connectivity index (χ4v) is 2.47. The van der Waals surface area contributed by atoms with E-state index in [2.05, 4.69) is 20.6 Å². The molecule has 3 aromatic rings. The van der Waals surface area contributed by atoms with E-state index in [9.17, 15) is 13.2 Å². The summed E-state index contributed by atoms with van der Waals surface area (Å²) in [6.45, 7) is 2.34. The van der Waals surface area contributed by atoms with Crippen molar-refractivity contribution in [2.24, 2.45) is 0 Å². The smallest absolute Gasteiger partial charge is 0.421 e. The molecule has 9 heteroatoms. The minimum atomic E-state index is -4.60. The van der Waals surface area contributed by atoms with Crippen molar-refractivity contribution in [2.75, 3.05) is 17.2 Å². The number of alkyl halides is 3. The Morgan fingerprint density at radius 3 is 2.18 bits per heavy atom. The van der Waals surface area contributed by atoms with Gasteiger partial charge < -0.3 is 15.4 Å². The predicted octanol–water partition coefficient (Wildman–Crippen LogP) is 6.03. The second-order valence-corrected chi connectivity index (χ2v) is 6.10. The van der Waals surface area contributed by atoms with Crippen molar-refractivity contribution in [1.29, 1.82) is 0 Å². The van der Waals surface area contributed by atoms with E-state index in [4.69, 9.17) is 16.3 Å². The minimum Gasteiger partial charge on any atom is -0.494 e. The number of hydrogen-bond donors (Lipinski definition) is 2. The van der Waals surface area contributed by atoms with Crippen LogP contribution < -0.4 is 15.4 Å². The van der Waals surface area contributed by atoms with Crippen molar-refractivity contribution in [3.8, 4) is 5.75 Å². The quantitative estimate of drug-likeness (QED) is 0.521. The number of nitrogens with zero attached hydrogens (tertiary/aromatic N) is 2. The van der Waals surface area contributed by atoms with Crippen molar-refractivity contribution < 1.29 is 17.9 Å². The molecule has 0 saturated carbocycles. The van der Waals surface area contributed by atoms with Crippen molar-refractivity contribution >= 4 is 34.7 Å². The van der Waals surface area contributed by atoms with Crippen LogP contribution in [0.1, 0.15) is 12.5 Å². The van der Waals surface area contributed by atoms with E-state index in [1.165, 1.54) is 0 Å². The van der Waals surface area contributed by atoms with Crippen LogP contribution in [0.5, 0.6) is 5.75 Å². The van der Waals surface area contributed by atoms with E-state index < -0.39 is 11.7 Å². The van der Waals surface area contributed by atoms with E-state index in [1.54, 1.807) is 48.5 Å². The summed E-state index contributed by atoms with van der Waals surface area (Å²) in [5, 5.41) is 6.09. The largest absolute Gasteiger partial charge is 0.494 e. The molecular weight excluding hydrogens is 393 g/mol. The monoisotopic (exact) mass is 408 g/mol. The molecule has 0 aliphatic rings. The van der Waals surface area contributed by atoms with Gasteiger partial charge in [-0.05, 0) is 55.5 Å². The van der Waals surface area contributed by atoms with Crippen molar-refractivity contribution in [3.63, 3.8) is 0 Å². The molecular formula is C19H16ClF3N4O. The van der Waals surface area contributed by atoms with Gasteiger partial charge >= 0.3 is 6.18 Å². The number of benzene rings is 2. The molecule has 3 rings (SSSR count). The molecule has 1 aromatic heterocycles. The molecule has 0 radical (unpaired) electrons. The summed E-state index contributed by atoms with van der Waals surface area (Å²) >= 11 is 5.83. The third-order valence-electron chi connectivity index (χ3n) is 3.62. The molecule has 2 aromatic carbocycles. The highest BCUT2D eigenvalue weighted by atomic mass is 35.5. The second-order valence-electron chi connectivity index (χ2n) is 5.67.